The molecule has 0 atom stereocenters. The van der Waals surface area contributed by atoms with Crippen LogP contribution < -0.4 is 25.2 Å². The van der Waals surface area contributed by atoms with Crippen LogP contribution in [-0.4, -0.2) is 54.0 Å². The molecular formula is C15H26N4O4S. The first-order valence-electron chi connectivity index (χ1n) is 7.63. The fourth-order valence-corrected chi connectivity index (χ4v) is 2.33. The van der Waals surface area contributed by atoms with E-state index < -0.39 is 10.0 Å². The molecule has 136 valence electrons. The molecule has 0 fully saturated rings. The number of rotatable bonds is 9. The Morgan fingerprint density at radius 2 is 1.92 bits per heavy atom. The van der Waals surface area contributed by atoms with Crippen LogP contribution in [0.2, 0.25) is 0 Å². The molecule has 0 aliphatic carbocycles. The van der Waals surface area contributed by atoms with E-state index in [1.807, 2.05) is 25.1 Å². The van der Waals surface area contributed by atoms with Gasteiger partial charge in [-0.15, -0.1) is 0 Å². The Balaban J connectivity index is 2.57. The number of nitrogens with zero attached hydrogens (tertiary/aromatic N) is 1. The smallest absolute Gasteiger partial charge is 0.210 e. The number of guanidine groups is 1. The summed E-state index contributed by atoms with van der Waals surface area (Å²) in [5.41, 5.74) is 1.08. The van der Waals surface area contributed by atoms with E-state index in [0.29, 0.717) is 30.5 Å². The second-order valence-electron chi connectivity index (χ2n) is 4.99. The summed E-state index contributed by atoms with van der Waals surface area (Å²) in [6.07, 6.45) is 0.750. The Kier molecular flexibility index (Phi) is 8.34. The van der Waals surface area contributed by atoms with E-state index in [2.05, 4.69) is 15.6 Å². The minimum atomic E-state index is -3.50. The van der Waals surface area contributed by atoms with E-state index in [1.54, 1.807) is 14.2 Å². The summed E-state index contributed by atoms with van der Waals surface area (Å²) in [7, 11) is -0.305. The van der Waals surface area contributed by atoms with Gasteiger partial charge in [-0.05, 0) is 31.0 Å². The lowest BCUT2D eigenvalue weighted by Crippen LogP contribution is -2.38. The maximum absolute atomic E-state index is 10.9. The first kappa shape index (κ1) is 20.0. The van der Waals surface area contributed by atoms with Crippen molar-refractivity contribution in [3.8, 4) is 11.5 Å². The third kappa shape index (κ3) is 7.51. The summed E-state index contributed by atoms with van der Waals surface area (Å²) in [6, 6.07) is 5.75. The number of ether oxygens (including phenoxy) is 2. The Bertz CT molecular complexity index is 647. The number of hydrogen-bond donors (Lipinski definition) is 3. The van der Waals surface area contributed by atoms with Gasteiger partial charge in [0.15, 0.2) is 17.5 Å². The van der Waals surface area contributed by atoms with Crippen LogP contribution in [0.25, 0.3) is 0 Å². The topological polar surface area (TPSA) is 115 Å². The second kappa shape index (κ2) is 9.99. The zero-order chi connectivity index (χ0) is 18.0. The van der Waals surface area contributed by atoms with Crippen LogP contribution >= 0.6 is 0 Å². The van der Waals surface area contributed by atoms with Gasteiger partial charge in [-0.25, -0.2) is 13.6 Å². The third-order valence-corrected chi connectivity index (χ3v) is 3.90. The molecule has 24 heavy (non-hydrogen) atoms. The van der Waals surface area contributed by atoms with Crippen molar-refractivity contribution < 1.29 is 17.9 Å². The molecule has 0 saturated carbocycles. The molecule has 1 aromatic carbocycles. The SMILES string of the molecule is CCNC(=NCCS(N)(=O)=O)NCCc1ccc(OC)c(OC)c1. The molecule has 0 radical (unpaired) electrons. The Morgan fingerprint density at radius 3 is 2.50 bits per heavy atom. The third-order valence-electron chi connectivity index (χ3n) is 3.14. The highest BCUT2D eigenvalue weighted by Gasteiger charge is 2.05. The summed E-state index contributed by atoms with van der Waals surface area (Å²) in [4.78, 5) is 4.18. The summed E-state index contributed by atoms with van der Waals surface area (Å²) < 4.78 is 32.3. The first-order valence-corrected chi connectivity index (χ1v) is 9.34. The van der Waals surface area contributed by atoms with Gasteiger partial charge >= 0.3 is 0 Å². The van der Waals surface area contributed by atoms with E-state index in [0.717, 1.165) is 12.0 Å². The molecule has 9 heteroatoms. The maximum Gasteiger partial charge on any atom is 0.210 e. The maximum atomic E-state index is 10.9. The molecule has 4 N–H and O–H groups in total. The van der Waals surface area contributed by atoms with Crippen LogP contribution in [-0.2, 0) is 16.4 Å². The van der Waals surface area contributed by atoms with E-state index in [1.165, 1.54) is 0 Å². The van der Waals surface area contributed by atoms with Crippen LogP contribution in [0.5, 0.6) is 11.5 Å². The molecule has 0 bridgehead atoms. The lowest BCUT2D eigenvalue weighted by atomic mass is 10.1. The molecule has 1 aromatic rings. The van der Waals surface area contributed by atoms with Gasteiger partial charge in [-0.1, -0.05) is 6.07 Å². The fourth-order valence-electron chi connectivity index (χ4n) is 1.99. The number of aliphatic imine (C=N–C) groups is 1. The molecule has 0 saturated heterocycles. The van der Waals surface area contributed by atoms with Gasteiger partial charge in [-0.2, -0.15) is 0 Å². The van der Waals surface area contributed by atoms with Crippen LogP contribution in [0.3, 0.4) is 0 Å². The predicted octanol–water partition coefficient (Wildman–Crippen LogP) is 0.0899. The molecule has 0 amide bonds. The zero-order valence-corrected chi connectivity index (χ0v) is 15.1. The minimum absolute atomic E-state index is 0.116. The Hall–Kier alpha value is -2.00. The molecule has 0 unspecified atom stereocenters. The lowest BCUT2D eigenvalue weighted by Gasteiger charge is -2.12. The van der Waals surface area contributed by atoms with Crippen LogP contribution in [0.4, 0.5) is 0 Å². The molecule has 0 aliphatic heterocycles. The Morgan fingerprint density at radius 1 is 1.21 bits per heavy atom. The van der Waals surface area contributed by atoms with Gasteiger partial charge < -0.3 is 20.1 Å². The van der Waals surface area contributed by atoms with Crippen molar-refractivity contribution in [1.82, 2.24) is 10.6 Å². The molecule has 0 heterocycles. The average Bonchev–Trinajstić information content (AvgIpc) is 2.53. The van der Waals surface area contributed by atoms with E-state index in [9.17, 15) is 8.42 Å². The van der Waals surface area contributed by atoms with Gasteiger partial charge in [0.25, 0.3) is 0 Å². The number of sulfonamides is 1. The molecule has 0 spiro atoms. The number of nitrogens with one attached hydrogen (secondary N) is 2. The Labute approximate surface area is 143 Å². The lowest BCUT2D eigenvalue weighted by molar-refractivity contribution is 0.354. The molecule has 0 aromatic heterocycles. The highest BCUT2D eigenvalue weighted by molar-refractivity contribution is 7.89. The summed E-state index contributed by atoms with van der Waals surface area (Å²) in [5.74, 6) is 1.75. The molecule has 8 nitrogen and oxygen atoms in total. The van der Waals surface area contributed by atoms with Crippen LogP contribution in [0, 0.1) is 0 Å². The van der Waals surface area contributed by atoms with Crippen LogP contribution in [0.1, 0.15) is 12.5 Å². The zero-order valence-electron chi connectivity index (χ0n) is 14.3. The first-order chi connectivity index (χ1) is 11.4. The number of hydrogen-bond acceptors (Lipinski definition) is 5. The summed E-state index contributed by atoms with van der Waals surface area (Å²) in [6.45, 7) is 3.37. The van der Waals surface area contributed by atoms with E-state index in [-0.39, 0.29) is 12.3 Å². The largest absolute Gasteiger partial charge is 0.493 e. The summed E-state index contributed by atoms with van der Waals surface area (Å²) in [5, 5.41) is 11.2. The van der Waals surface area contributed by atoms with Gasteiger partial charge in [0.05, 0.1) is 26.5 Å². The summed E-state index contributed by atoms with van der Waals surface area (Å²) >= 11 is 0. The number of primary sulfonamides is 1. The standard InChI is InChI=1S/C15H26N4O4S/c1-4-17-15(19-9-10-24(16,20)21)18-8-7-12-5-6-13(22-2)14(11-12)23-3/h5-6,11H,4,7-10H2,1-3H3,(H2,16,20,21)(H2,17,18,19). The normalized spacial score (nSPS) is 11.9. The second-order valence-corrected chi connectivity index (χ2v) is 6.73. The monoisotopic (exact) mass is 358 g/mol. The predicted molar refractivity (Wildman–Crippen MR) is 95.2 cm³/mol. The van der Waals surface area contributed by atoms with Crippen molar-refractivity contribution >= 4 is 16.0 Å². The highest BCUT2D eigenvalue weighted by atomic mass is 32.2. The van der Waals surface area contributed by atoms with Gasteiger partial charge in [0.2, 0.25) is 10.0 Å². The minimum Gasteiger partial charge on any atom is -0.493 e. The molecule has 0 aliphatic rings. The quantitative estimate of drug-likeness (QED) is 0.426. The van der Waals surface area contributed by atoms with Crippen molar-refractivity contribution in [2.45, 2.75) is 13.3 Å². The fraction of sp³-hybridized carbons (Fsp3) is 0.533. The van der Waals surface area contributed by atoms with Crippen molar-refractivity contribution in [1.29, 1.82) is 0 Å². The number of nitrogens with two attached hydrogens (primary N) is 1. The number of benzene rings is 1. The van der Waals surface area contributed by atoms with Gasteiger partial charge in [-0.3, -0.25) is 4.99 Å². The van der Waals surface area contributed by atoms with Crippen LogP contribution in [0.15, 0.2) is 23.2 Å². The van der Waals surface area contributed by atoms with E-state index >= 15 is 0 Å². The van der Waals surface area contributed by atoms with Gasteiger partial charge in [0, 0.05) is 13.1 Å². The van der Waals surface area contributed by atoms with E-state index in [4.69, 9.17) is 14.6 Å². The van der Waals surface area contributed by atoms with Gasteiger partial charge in [0.1, 0.15) is 0 Å². The average molecular weight is 358 g/mol. The highest BCUT2D eigenvalue weighted by Crippen LogP contribution is 2.27. The molecular weight excluding hydrogens is 332 g/mol. The molecule has 1 rings (SSSR count). The van der Waals surface area contributed by atoms with Crippen molar-refractivity contribution in [3.63, 3.8) is 0 Å². The number of methoxy groups -OCH3 is 2. The van der Waals surface area contributed by atoms with Crippen molar-refractivity contribution in [2.24, 2.45) is 10.1 Å². The van der Waals surface area contributed by atoms with Crippen molar-refractivity contribution in [3.05, 3.63) is 23.8 Å². The van der Waals surface area contributed by atoms with Crippen molar-refractivity contribution in [2.75, 3.05) is 39.6 Å².